The van der Waals surface area contributed by atoms with Gasteiger partial charge >= 0.3 is 0 Å². The third kappa shape index (κ3) is 3.09. The van der Waals surface area contributed by atoms with Gasteiger partial charge in [0.2, 0.25) is 0 Å². The molecule has 0 saturated heterocycles. The highest BCUT2D eigenvalue weighted by Crippen LogP contribution is 2.31. The molecule has 2 aromatic rings. The monoisotopic (exact) mass is 265 g/mol. The molecule has 18 heavy (non-hydrogen) atoms. The van der Waals surface area contributed by atoms with E-state index in [1.807, 2.05) is 6.07 Å². The summed E-state index contributed by atoms with van der Waals surface area (Å²) in [6.45, 7) is 0.485. The number of halogens is 2. The molecule has 0 spiro atoms. The van der Waals surface area contributed by atoms with Gasteiger partial charge in [0.1, 0.15) is 11.6 Å². The van der Waals surface area contributed by atoms with E-state index in [1.54, 1.807) is 24.3 Å². The van der Waals surface area contributed by atoms with Gasteiger partial charge in [-0.3, -0.25) is 0 Å². The van der Waals surface area contributed by atoms with E-state index >= 15 is 0 Å². The molecule has 0 saturated carbocycles. The zero-order valence-electron chi connectivity index (χ0n) is 9.70. The van der Waals surface area contributed by atoms with Crippen LogP contribution in [0.25, 0.3) is 0 Å². The lowest BCUT2D eigenvalue weighted by Gasteiger charge is -2.06. The number of rotatable bonds is 4. The van der Waals surface area contributed by atoms with Crippen molar-refractivity contribution in [1.82, 2.24) is 0 Å². The zero-order valence-corrected chi connectivity index (χ0v) is 10.5. The van der Waals surface area contributed by atoms with Crippen LogP contribution in [-0.2, 0) is 6.42 Å². The van der Waals surface area contributed by atoms with Crippen LogP contribution in [0.15, 0.2) is 52.3 Å². The third-order valence-electron chi connectivity index (χ3n) is 2.49. The molecule has 0 bridgehead atoms. The first kappa shape index (κ1) is 13.1. The van der Waals surface area contributed by atoms with Crippen LogP contribution in [-0.4, -0.2) is 6.54 Å². The Labute approximate surface area is 109 Å². The van der Waals surface area contributed by atoms with Crippen LogP contribution in [0.1, 0.15) is 5.56 Å². The highest BCUT2D eigenvalue weighted by atomic mass is 32.2. The number of hydrogen-bond acceptors (Lipinski definition) is 2. The molecule has 1 nitrogen and oxygen atoms in total. The van der Waals surface area contributed by atoms with E-state index in [1.165, 1.54) is 12.1 Å². The first-order valence-corrected chi connectivity index (χ1v) is 6.43. The summed E-state index contributed by atoms with van der Waals surface area (Å²) in [6.07, 6.45) is 0.640. The second kappa shape index (κ2) is 5.98. The van der Waals surface area contributed by atoms with E-state index in [4.69, 9.17) is 5.73 Å². The molecule has 0 heterocycles. The molecule has 2 aromatic carbocycles. The molecular formula is C14H13F2NS. The minimum atomic E-state index is -0.340. The second-order valence-electron chi connectivity index (χ2n) is 3.84. The maximum atomic E-state index is 13.8. The van der Waals surface area contributed by atoms with Crippen molar-refractivity contribution in [3.63, 3.8) is 0 Å². The highest BCUT2D eigenvalue weighted by molar-refractivity contribution is 7.99. The van der Waals surface area contributed by atoms with Gasteiger partial charge in [-0.25, -0.2) is 8.78 Å². The van der Waals surface area contributed by atoms with E-state index < -0.39 is 0 Å². The van der Waals surface area contributed by atoms with Crippen molar-refractivity contribution < 1.29 is 8.78 Å². The van der Waals surface area contributed by atoms with Crippen molar-refractivity contribution in [2.45, 2.75) is 16.2 Å². The Morgan fingerprint density at radius 2 is 1.67 bits per heavy atom. The molecule has 0 atom stereocenters. The molecule has 0 radical (unpaired) electrons. The summed E-state index contributed by atoms with van der Waals surface area (Å²) in [5.41, 5.74) is 6.27. The predicted octanol–water partition coefficient (Wildman–Crippen LogP) is 3.62. The Morgan fingerprint density at radius 1 is 0.944 bits per heavy atom. The fourth-order valence-electron chi connectivity index (χ4n) is 1.60. The maximum absolute atomic E-state index is 13.8. The molecule has 2 N–H and O–H groups in total. The largest absolute Gasteiger partial charge is 0.330 e. The highest BCUT2D eigenvalue weighted by Gasteiger charge is 2.08. The van der Waals surface area contributed by atoms with Crippen LogP contribution in [0.4, 0.5) is 8.78 Å². The molecule has 0 aliphatic rings. The summed E-state index contributed by atoms with van der Waals surface area (Å²) < 4.78 is 27.3. The van der Waals surface area contributed by atoms with Crippen molar-refractivity contribution in [2.75, 3.05) is 6.54 Å². The topological polar surface area (TPSA) is 26.0 Å². The summed E-state index contributed by atoms with van der Waals surface area (Å²) in [5.74, 6) is -0.679. The zero-order chi connectivity index (χ0) is 13.0. The van der Waals surface area contributed by atoms with Crippen LogP contribution < -0.4 is 5.73 Å². The van der Waals surface area contributed by atoms with E-state index in [2.05, 4.69) is 0 Å². The van der Waals surface area contributed by atoms with E-state index in [0.29, 0.717) is 22.8 Å². The Kier molecular flexibility index (Phi) is 4.33. The summed E-state index contributed by atoms with van der Waals surface area (Å²) in [4.78, 5) is 0.837. The lowest BCUT2D eigenvalue weighted by atomic mass is 10.1. The molecule has 0 amide bonds. The fraction of sp³-hybridized carbons (Fsp3) is 0.143. The summed E-state index contributed by atoms with van der Waals surface area (Å²) >= 11 is 1.09. The smallest absolute Gasteiger partial charge is 0.137 e. The molecule has 4 heteroatoms. The van der Waals surface area contributed by atoms with Gasteiger partial charge in [-0.15, -0.1) is 0 Å². The summed E-state index contributed by atoms with van der Waals surface area (Å²) in [6, 6.07) is 11.3. The number of nitrogens with two attached hydrogens (primary N) is 1. The van der Waals surface area contributed by atoms with Gasteiger partial charge in [-0.1, -0.05) is 30.0 Å². The van der Waals surface area contributed by atoms with Gasteiger partial charge < -0.3 is 5.73 Å². The van der Waals surface area contributed by atoms with Crippen LogP contribution in [0.5, 0.6) is 0 Å². The average molecular weight is 265 g/mol. The molecular weight excluding hydrogens is 252 g/mol. The molecule has 0 unspecified atom stereocenters. The minimum absolute atomic E-state index is 0.339. The SMILES string of the molecule is NCCc1ccc(Sc2ccccc2F)c(F)c1. The van der Waals surface area contributed by atoms with Gasteiger partial charge in [0.05, 0.1) is 0 Å². The number of benzene rings is 2. The van der Waals surface area contributed by atoms with E-state index in [0.717, 1.165) is 17.3 Å². The van der Waals surface area contributed by atoms with Crippen LogP contribution in [0.2, 0.25) is 0 Å². The average Bonchev–Trinajstić information content (AvgIpc) is 2.35. The standard InChI is InChI=1S/C14H13F2NS/c15-11-3-1-2-4-13(11)18-14-6-5-10(7-8-17)9-12(14)16/h1-6,9H,7-8,17H2. The van der Waals surface area contributed by atoms with Gasteiger partial charge in [0, 0.05) is 9.79 Å². The first-order chi connectivity index (χ1) is 8.70. The Hall–Kier alpha value is -1.39. The quantitative estimate of drug-likeness (QED) is 0.913. The van der Waals surface area contributed by atoms with E-state index in [9.17, 15) is 8.78 Å². The normalized spacial score (nSPS) is 10.6. The maximum Gasteiger partial charge on any atom is 0.137 e. The van der Waals surface area contributed by atoms with Crippen molar-refractivity contribution >= 4 is 11.8 Å². The second-order valence-corrected chi connectivity index (χ2v) is 4.92. The van der Waals surface area contributed by atoms with Gasteiger partial charge in [-0.05, 0) is 42.8 Å². The fourth-order valence-corrected chi connectivity index (χ4v) is 2.44. The van der Waals surface area contributed by atoms with Crippen molar-refractivity contribution in [3.8, 4) is 0 Å². The van der Waals surface area contributed by atoms with Crippen molar-refractivity contribution in [3.05, 3.63) is 59.7 Å². The van der Waals surface area contributed by atoms with Crippen LogP contribution in [0.3, 0.4) is 0 Å². The summed E-state index contributed by atoms with van der Waals surface area (Å²) in [5, 5.41) is 0. The first-order valence-electron chi connectivity index (χ1n) is 5.61. The molecule has 0 aliphatic carbocycles. The minimum Gasteiger partial charge on any atom is -0.330 e. The van der Waals surface area contributed by atoms with Crippen molar-refractivity contribution in [2.24, 2.45) is 5.73 Å². The van der Waals surface area contributed by atoms with Gasteiger partial charge in [0.25, 0.3) is 0 Å². The molecule has 2 rings (SSSR count). The molecule has 0 aliphatic heterocycles. The Bertz CT molecular complexity index is 543. The van der Waals surface area contributed by atoms with Gasteiger partial charge in [0.15, 0.2) is 0 Å². The number of hydrogen-bond donors (Lipinski definition) is 1. The summed E-state index contributed by atoms with van der Waals surface area (Å²) in [7, 11) is 0. The van der Waals surface area contributed by atoms with Crippen LogP contribution >= 0.6 is 11.8 Å². The van der Waals surface area contributed by atoms with Gasteiger partial charge in [-0.2, -0.15) is 0 Å². The van der Waals surface area contributed by atoms with Crippen molar-refractivity contribution in [1.29, 1.82) is 0 Å². The lowest BCUT2D eigenvalue weighted by Crippen LogP contribution is -2.02. The third-order valence-corrected chi connectivity index (χ3v) is 3.59. The lowest BCUT2D eigenvalue weighted by molar-refractivity contribution is 0.594. The molecule has 94 valence electrons. The molecule has 0 fully saturated rings. The Balaban J connectivity index is 2.22. The van der Waals surface area contributed by atoms with Crippen LogP contribution in [0, 0.1) is 11.6 Å². The molecule has 0 aromatic heterocycles. The Morgan fingerprint density at radius 3 is 2.33 bits per heavy atom. The predicted molar refractivity (Wildman–Crippen MR) is 69.7 cm³/mol. The van der Waals surface area contributed by atoms with E-state index in [-0.39, 0.29) is 11.6 Å².